The molecule has 6 nitrogen and oxygen atoms in total. The number of primary amides is 1. The number of anilines is 1. The number of alkyl halides is 3. The standard InChI is InChI=1S/C20H20F3N5O/c1-11-9-18(27-8-7-16(27)19(24)29)28-17(25-11)10-15(26-28)12(2)13-3-5-14(6-4-13)20(21,22)23/h3-6,9-10,12,16H,7-8H2,1-2H3,(H2,24,29)/t12?,16-/m0/s1. The minimum atomic E-state index is -4.37. The molecule has 1 amide bonds. The molecule has 0 radical (unpaired) electrons. The van der Waals surface area contributed by atoms with Gasteiger partial charge in [0, 0.05) is 30.3 Å². The Morgan fingerprint density at radius 3 is 2.48 bits per heavy atom. The van der Waals surface area contributed by atoms with E-state index in [-0.39, 0.29) is 17.9 Å². The summed E-state index contributed by atoms with van der Waals surface area (Å²) in [6.45, 7) is 4.43. The Balaban J connectivity index is 1.70. The topological polar surface area (TPSA) is 76.5 Å². The van der Waals surface area contributed by atoms with Gasteiger partial charge in [0.1, 0.15) is 11.9 Å². The Kier molecular flexibility index (Phi) is 4.48. The van der Waals surface area contributed by atoms with E-state index in [1.165, 1.54) is 12.1 Å². The maximum Gasteiger partial charge on any atom is 0.416 e. The summed E-state index contributed by atoms with van der Waals surface area (Å²) in [4.78, 5) is 18.0. The number of aromatic nitrogens is 3. The normalized spacial score (nSPS) is 18.0. The summed E-state index contributed by atoms with van der Waals surface area (Å²) in [7, 11) is 0. The SMILES string of the molecule is Cc1cc(N2CC[C@H]2C(N)=O)n2nc(C(C)c3ccc(C(F)(F)F)cc3)cc2n1. The smallest absolute Gasteiger partial charge is 0.368 e. The van der Waals surface area contributed by atoms with Crippen LogP contribution in [0.1, 0.15) is 41.8 Å². The molecule has 1 aliphatic heterocycles. The molecule has 4 rings (SSSR count). The number of amides is 1. The first-order valence-electron chi connectivity index (χ1n) is 9.25. The average Bonchev–Trinajstić information content (AvgIpc) is 3.03. The van der Waals surface area contributed by atoms with E-state index in [1.807, 2.05) is 30.9 Å². The Morgan fingerprint density at radius 2 is 1.93 bits per heavy atom. The average molecular weight is 403 g/mol. The molecule has 0 saturated carbocycles. The molecule has 9 heteroatoms. The van der Waals surface area contributed by atoms with Gasteiger partial charge in [-0.15, -0.1) is 0 Å². The third kappa shape index (κ3) is 3.41. The summed E-state index contributed by atoms with van der Waals surface area (Å²) < 4.78 is 40.1. The molecule has 0 aliphatic carbocycles. The third-order valence-electron chi connectivity index (χ3n) is 5.38. The first kappa shape index (κ1) is 19.2. The monoisotopic (exact) mass is 403 g/mol. The van der Waals surface area contributed by atoms with Crippen LogP contribution in [0.2, 0.25) is 0 Å². The van der Waals surface area contributed by atoms with Crippen LogP contribution in [0.3, 0.4) is 0 Å². The lowest BCUT2D eigenvalue weighted by molar-refractivity contribution is -0.137. The number of nitrogens with two attached hydrogens (primary N) is 1. The van der Waals surface area contributed by atoms with Gasteiger partial charge in [0.05, 0.1) is 11.3 Å². The summed E-state index contributed by atoms with van der Waals surface area (Å²) in [5, 5.41) is 4.64. The fourth-order valence-electron chi connectivity index (χ4n) is 3.60. The van der Waals surface area contributed by atoms with Gasteiger partial charge < -0.3 is 10.6 Å². The van der Waals surface area contributed by atoms with Gasteiger partial charge in [0.2, 0.25) is 5.91 Å². The highest BCUT2D eigenvalue weighted by molar-refractivity contribution is 5.85. The second kappa shape index (κ2) is 6.75. The maximum atomic E-state index is 12.8. The molecule has 1 unspecified atom stereocenters. The van der Waals surface area contributed by atoms with Crippen molar-refractivity contribution in [3.05, 3.63) is 58.9 Å². The number of halogens is 3. The second-order valence-corrected chi connectivity index (χ2v) is 7.34. The number of rotatable bonds is 4. The van der Waals surface area contributed by atoms with Gasteiger partial charge in [-0.3, -0.25) is 4.79 Å². The number of carbonyl (C=O) groups is 1. The minimum Gasteiger partial charge on any atom is -0.368 e. The molecule has 2 aromatic heterocycles. The van der Waals surface area contributed by atoms with Crippen LogP contribution in [0, 0.1) is 6.92 Å². The van der Waals surface area contributed by atoms with Gasteiger partial charge in [-0.05, 0) is 31.0 Å². The van der Waals surface area contributed by atoms with Crippen molar-refractivity contribution in [2.75, 3.05) is 11.4 Å². The van der Waals surface area contributed by atoms with Gasteiger partial charge >= 0.3 is 6.18 Å². The van der Waals surface area contributed by atoms with E-state index in [1.54, 1.807) is 4.52 Å². The predicted octanol–water partition coefficient (Wildman–Crippen LogP) is 3.27. The Bertz CT molecular complexity index is 1070. The van der Waals surface area contributed by atoms with Crippen molar-refractivity contribution in [3.63, 3.8) is 0 Å². The van der Waals surface area contributed by atoms with Crippen LogP contribution in [-0.4, -0.2) is 33.1 Å². The lowest BCUT2D eigenvalue weighted by Gasteiger charge is -2.40. The largest absolute Gasteiger partial charge is 0.416 e. The van der Waals surface area contributed by atoms with Crippen LogP contribution in [0.5, 0.6) is 0 Å². The van der Waals surface area contributed by atoms with E-state index in [0.29, 0.717) is 24.3 Å². The van der Waals surface area contributed by atoms with E-state index in [9.17, 15) is 18.0 Å². The van der Waals surface area contributed by atoms with Crippen molar-refractivity contribution in [2.24, 2.45) is 5.73 Å². The minimum absolute atomic E-state index is 0.226. The van der Waals surface area contributed by atoms with Gasteiger partial charge in [0.15, 0.2) is 5.65 Å². The predicted molar refractivity (Wildman–Crippen MR) is 102 cm³/mol. The molecule has 1 saturated heterocycles. The number of benzene rings is 1. The molecule has 2 N–H and O–H groups in total. The highest BCUT2D eigenvalue weighted by Gasteiger charge is 2.35. The number of aryl methyl sites for hydroxylation is 1. The number of hydrogen-bond acceptors (Lipinski definition) is 4. The zero-order valence-electron chi connectivity index (χ0n) is 15.9. The molecular weight excluding hydrogens is 383 g/mol. The van der Waals surface area contributed by atoms with Crippen molar-refractivity contribution in [2.45, 2.75) is 38.4 Å². The molecule has 1 aliphatic rings. The summed E-state index contributed by atoms with van der Waals surface area (Å²) in [5.41, 5.74) is 7.58. The molecule has 152 valence electrons. The van der Waals surface area contributed by atoms with E-state index in [0.717, 1.165) is 29.2 Å². The molecule has 0 bridgehead atoms. The fourth-order valence-corrected chi connectivity index (χ4v) is 3.60. The van der Waals surface area contributed by atoms with Crippen molar-refractivity contribution >= 4 is 17.4 Å². The van der Waals surface area contributed by atoms with Crippen LogP contribution in [0.25, 0.3) is 5.65 Å². The molecule has 1 fully saturated rings. The molecule has 0 spiro atoms. The Hall–Kier alpha value is -3.10. The Labute approximate surface area is 165 Å². The van der Waals surface area contributed by atoms with Crippen LogP contribution < -0.4 is 10.6 Å². The number of hydrogen-bond donors (Lipinski definition) is 1. The lowest BCUT2D eigenvalue weighted by atomic mass is 9.97. The van der Waals surface area contributed by atoms with Crippen LogP contribution in [0.15, 0.2) is 36.4 Å². The van der Waals surface area contributed by atoms with Crippen LogP contribution in [0.4, 0.5) is 19.0 Å². The van der Waals surface area contributed by atoms with Crippen molar-refractivity contribution in [1.29, 1.82) is 0 Å². The zero-order valence-corrected chi connectivity index (χ0v) is 15.9. The van der Waals surface area contributed by atoms with Crippen molar-refractivity contribution in [1.82, 2.24) is 14.6 Å². The lowest BCUT2D eigenvalue weighted by Crippen LogP contribution is -2.55. The maximum absolute atomic E-state index is 12.8. The summed E-state index contributed by atoms with van der Waals surface area (Å²) in [6.07, 6.45) is -3.68. The quantitative estimate of drug-likeness (QED) is 0.725. The molecule has 2 atom stereocenters. The molecule has 3 heterocycles. The fraction of sp³-hybridized carbons (Fsp3) is 0.350. The molecular formula is C20H20F3N5O. The van der Waals surface area contributed by atoms with Gasteiger partial charge in [0.25, 0.3) is 0 Å². The van der Waals surface area contributed by atoms with Crippen LogP contribution >= 0.6 is 0 Å². The van der Waals surface area contributed by atoms with Crippen LogP contribution in [-0.2, 0) is 11.0 Å². The summed E-state index contributed by atoms with van der Waals surface area (Å²) in [6, 6.07) is 8.38. The number of fused-ring (bicyclic) bond motifs is 1. The Morgan fingerprint density at radius 1 is 1.24 bits per heavy atom. The van der Waals surface area contributed by atoms with Gasteiger partial charge in [-0.2, -0.15) is 22.8 Å². The highest BCUT2D eigenvalue weighted by atomic mass is 19.4. The van der Waals surface area contributed by atoms with E-state index in [2.05, 4.69) is 10.1 Å². The third-order valence-corrected chi connectivity index (χ3v) is 5.38. The highest BCUT2D eigenvalue weighted by Crippen LogP contribution is 2.32. The van der Waals surface area contributed by atoms with Gasteiger partial charge in [-0.1, -0.05) is 19.1 Å². The zero-order chi connectivity index (χ0) is 20.9. The number of carbonyl (C=O) groups excluding carboxylic acids is 1. The van der Waals surface area contributed by atoms with E-state index < -0.39 is 11.7 Å². The van der Waals surface area contributed by atoms with E-state index in [4.69, 9.17) is 5.73 Å². The van der Waals surface area contributed by atoms with E-state index >= 15 is 0 Å². The second-order valence-electron chi connectivity index (χ2n) is 7.34. The van der Waals surface area contributed by atoms with Crippen molar-refractivity contribution in [3.8, 4) is 0 Å². The number of nitrogens with zero attached hydrogens (tertiary/aromatic N) is 4. The molecule has 1 aromatic carbocycles. The first-order chi connectivity index (χ1) is 13.6. The molecule has 29 heavy (non-hydrogen) atoms. The summed E-state index contributed by atoms with van der Waals surface area (Å²) in [5.74, 6) is 0.119. The summed E-state index contributed by atoms with van der Waals surface area (Å²) >= 11 is 0. The molecule has 3 aromatic rings. The van der Waals surface area contributed by atoms with Gasteiger partial charge in [-0.25, -0.2) is 4.98 Å². The first-order valence-corrected chi connectivity index (χ1v) is 9.25. The van der Waals surface area contributed by atoms with Crippen molar-refractivity contribution < 1.29 is 18.0 Å².